The normalized spacial score (nSPS) is 26.8. The third-order valence-electron chi connectivity index (χ3n) is 5.77. The molecule has 1 heterocycles. The van der Waals surface area contributed by atoms with Crippen LogP contribution in [0.25, 0.3) is 0 Å². The number of hydrogen-bond acceptors (Lipinski definition) is 5. The Kier molecular flexibility index (Phi) is 7.55. The summed E-state index contributed by atoms with van der Waals surface area (Å²) >= 11 is 0. The van der Waals surface area contributed by atoms with E-state index < -0.39 is 5.60 Å². The molecule has 3 unspecified atom stereocenters. The van der Waals surface area contributed by atoms with E-state index in [1.165, 1.54) is 5.56 Å². The second-order valence-corrected chi connectivity index (χ2v) is 9.32. The first-order valence-electron chi connectivity index (χ1n) is 10.9. The van der Waals surface area contributed by atoms with Crippen molar-refractivity contribution in [3.8, 4) is 0 Å². The highest BCUT2D eigenvalue weighted by molar-refractivity contribution is 5.68. The van der Waals surface area contributed by atoms with Crippen LogP contribution < -0.4 is 5.32 Å². The number of carbonyl (C=O) groups excluding carboxylic acids is 1. The molecule has 0 bridgehead atoms. The van der Waals surface area contributed by atoms with Crippen LogP contribution in [0.5, 0.6) is 0 Å². The van der Waals surface area contributed by atoms with Crippen LogP contribution in [0, 0.1) is 0 Å². The highest BCUT2D eigenvalue weighted by atomic mass is 16.6. The quantitative estimate of drug-likeness (QED) is 0.786. The molecule has 0 radical (unpaired) electrons. The molecule has 6 nitrogen and oxygen atoms in total. The molecule has 1 aliphatic carbocycles. The molecule has 1 aliphatic heterocycles. The summed E-state index contributed by atoms with van der Waals surface area (Å²) in [7, 11) is 0. The number of amides is 1. The van der Waals surface area contributed by atoms with E-state index in [2.05, 4.69) is 22.3 Å². The molecule has 3 rings (SSSR count). The number of aliphatic hydroxyl groups is 1. The molecule has 29 heavy (non-hydrogen) atoms. The SMILES string of the molecule is CC(C)(C)OC(=O)NC1CCC(O)CC1N1CCC(OCc2ccccc2)CC1. The number of aliphatic hydroxyl groups excluding tert-OH is 1. The molecule has 1 amide bonds. The number of benzene rings is 1. The third-order valence-corrected chi connectivity index (χ3v) is 5.77. The second kappa shape index (κ2) is 9.92. The number of ether oxygens (including phenoxy) is 2. The minimum atomic E-state index is -0.512. The van der Waals surface area contributed by atoms with Gasteiger partial charge in [-0.2, -0.15) is 0 Å². The zero-order valence-electron chi connectivity index (χ0n) is 18.0. The average Bonchev–Trinajstić information content (AvgIpc) is 2.67. The summed E-state index contributed by atoms with van der Waals surface area (Å²) in [5, 5.41) is 13.3. The van der Waals surface area contributed by atoms with Crippen LogP contribution in [0.3, 0.4) is 0 Å². The lowest BCUT2D eigenvalue weighted by molar-refractivity contribution is -0.0304. The predicted octanol–water partition coefficient (Wildman–Crippen LogP) is 3.47. The molecule has 1 aromatic rings. The molecule has 1 saturated carbocycles. The zero-order chi connectivity index (χ0) is 20.9. The number of nitrogens with zero attached hydrogens (tertiary/aromatic N) is 1. The molecule has 0 spiro atoms. The number of piperidine rings is 1. The van der Waals surface area contributed by atoms with Crippen LogP contribution in [0.4, 0.5) is 4.79 Å². The smallest absolute Gasteiger partial charge is 0.407 e. The minimum Gasteiger partial charge on any atom is -0.444 e. The maximum absolute atomic E-state index is 12.3. The van der Waals surface area contributed by atoms with Crippen LogP contribution in [0.1, 0.15) is 58.4 Å². The summed E-state index contributed by atoms with van der Waals surface area (Å²) in [6.07, 6.45) is 3.71. The van der Waals surface area contributed by atoms with E-state index in [-0.39, 0.29) is 30.4 Å². The van der Waals surface area contributed by atoms with Gasteiger partial charge in [0.2, 0.25) is 0 Å². The Morgan fingerprint density at radius 1 is 1.14 bits per heavy atom. The van der Waals surface area contributed by atoms with Gasteiger partial charge in [-0.15, -0.1) is 0 Å². The summed E-state index contributed by atoms with van der Waals surface area (Å²) in [6, 6.07) is 10.4. The van der Waals surface area contributed by atoms with Crippen LogP contribution in [-0.2, 0) is 16.1 Å². The van der Waals surface area contributed by atoms with Gasteiger partial charge in [0.25, 0.3) is 0 Å². The highest BCUT2D eigenvalue weighted by Crippen LogP contribution is 2.27. The Bertz CT molecular complexity index is 638. The number of likely N-dealkylation sites (tertiary alicyclic amines) is 1. The number of hydrogen-bond donors (Lipinski definition) is 2. The molecule has 1 saturated heterocycles. The van der Waals surface area contributed by atoms with E-state index in [0.717, 1.165) is 32.4 Å². The van der Waals surface area contributed by atoms with E-state index >= 15 is 0 Å². The zero-order valence-corrected chi connectivity index (χ0v) is 18.0. The Morgan fingerprint density at radius 2 is 1.83 bits per heavy atom. The molecule has 2 N–H and O–H groups in total. The maximum Gasteiger partial charge on any atom is 0.407 e. The van der Waals surface area contributed by atoms with E-state index in [1.807, 2.05) is 39.0 Å². The predicted molar refractivity (Wildman–Crippen MR) is 113 cm³/mol. The van der Waals surface area contributed by atoms with Gasteiger partial charge in [0, 0.05) is 25.2 Å². The van der Waals surface area contributed by atoms with Gasteiger partial charge in [0.05, 0.1) is 18.8 Å². The molecular weight excluding hydrogens is 368 g/mol. The minimum absolute atomic E-state index is 0.00929. The summed E-state index contributed by atoms with van der Waals surface area (Å²) in [4.78, 5) is 14.7. The Hall–Kier alpha value is -1.63. The van der Waals surface area contributed by atoms with Gasteiger partial charge in [-0.25, -0.2) is 4.79 Å². The number of alkyl carbamates (subject to hydrolysis) is 1. The summed E-state index contributed by atoms with van der Waals surface area (Å²) in [5.74, 6) is 0. The van der Waals surface area contributed by atoms with Gasteiger partial charge in [0.1, 0.15) is 5.60 Å². The standard InChI is InChI=1S/C23H36N2O4/c1-23(2,3)29-22(27)24-20-10-9-18(26)15-21(20)25-13-11-19(12-14-25)28-16-17-7-5-4-6-8-17/h4-8,18-21,26H,9-16H2,1-3H3,(H,24,27). The first-order chi connectivity index (χ1) is 13.8. The third kappa shape index (κ3) is 6.98. The molecule has 3 atom stereocenters. The first kappa shape index (κ1) is 22.1. The summed E-state index contributed by atoms with van der Waals surface area (Å²) < 4.78 is 11.5. The monoisotopic (exact) mass is 404 g/mol. The van der Waals surface area contributed by atoms with Gasteiger partial charge in [-0.05, 0) is 58.4 Å². The van der Waals surface area contributed by atoms with E-state index in [9.17, 15) is 9.90 Å². The Balaban J connectivity index is 1.50. The van der Waals surface area contributed by atoms with Crippen molar-refractivity contribution in [2.45, 2.75) is 89.4 Å². The van der Waals surface area contributed by atoms with Crippen molar-refractivity contribution in [2.24, 2.45) is 0 Å². The molecule has 6 heteroatoms. The van der Waals surface area contributed by atoms with Gasteiger partial charge in [0.15, 0.2) is 0 Å². The lowest BCUT2D eigenvalue weighted by atomic mass is 9.86. The van der Waals surface area contributed by atoms with Crippen molar-refractivity contribution in [1.82, 2.24) is 10.2 Å². The van der Waals surface area contributed by atoms with Crippen molar-refractivity contribution >= 4 is 6.09 Å². The second-order valence-electron chi connectivity index (χ2n) is 9.32. The molecule has 0 aromatic heterocycles. The van der Waals surface area contributed by atoms with Crippen molar-refractivity contribution in [3.63, 3.8) is 0 Å². The van der Waals surface area contributed by atoms with Crippen LogP contribution in [0.15, 0.2) is 30.3 Å². The molecule has 2 aliphatic rings. The molecular formula is C23H36N2O4. The molecule has 162 valence electrons. The lowest BCUT2D eigenvalue weighted by Gasteiger charge is -2.44. The van der Waals surface area contributed by atoms with E-state index in [4.69, 9.17) is 9.47 Å². The van der Waals surface area contributed by atoms with Crippen LogP contribution >= 0.6 is 0 Å². The fourth-order valence-corrected chi connectivity index (χ4v) is 4.32. The van der Waals surface area contributed by atoms with E-state index in [1.54, 1.807) is 0 Å². The van der Waals surface area contributed by atoms with Crippen molar-refractivity contribution in [2.75, 3.05) is 13.1 Å². The molecule has 2 fully saturated rings. The van der Waals surface area contributed by atoms with Crippen molar-refractivity contribution in [1.29, 1.82) is 0 Å². The largest absolute Gasteiger partial charge is 0.444 e. The fraction of sp³-hybridized carbons (Fsp3) is 0.696. The summed E-state index contributed by atoms with van der Waals surface area (Å²) in [5.41, 5.74) is 0.689. The molecule has 1 aromatic carbocycles. The maximum atomic E-state index is 12.3. The van der Waals surface area contributed by atoms with Gasteiger partial charge < -0.3 is 19.9 Å². The Labute approximate surface area is 174 Å². The van der Waals surface area contributed by atoms with Crippen molar-refractivity contribution < 1.29 is 19.4 Å². The first-order valence-corrected chi connectivity index (χ1v) is 10.9. The fourth-order valence-electron chi connectivity index (χ4n) is 4.32. The number of rotatable bonds is 5. The topological polar surface area (TPSA) is 71.0 Å². The average molecular weight is 405 g/mol. The van der Waals surface area contributed by atoms with Gasteiger partial charge >= 0.3 is 6.09 Å². The van der Waals surface area contributed by atoms with Crippen molar-refractivity contribution in [3.05, 3.63) is 35.9 Å². The van der Waals surface area contributed by atoms with E-state index in [0.29, 0.717) is 19.4 Å². The number of nitrogens with one attached hydrogen (secondary N) is 1. The van der Waals surface area contributed by atoms with Gasteiger partial charge in [-0.3, -0.25) is 4.90 Å². The summed E-state index contributed by atoms with van der Waals surface area (Å²) in [6.45, 7) is 8.10. The van der Waals surface area contributed by atoms with Crippen LogP contribution in [0.2, 0.25) is 0 Å². The highest BCUT2D eigenvalue weighted by Gasteiger charge is 2.37. The van der Waals surface area contributed by atoms with Gasteiger partial charge in [-0.1, -0.05) is 30.3 Å². The van der Waals surface area contributed by atoms with Crippen LogP contribution in [-0.4, -0.2) is 59.1 Å². The Morgan fingerprint density at radius 3 is 2.48 bits per heavy atom. The number of carbonyl (C=O) groups is 1. The lowest BCUT2D eigenvalue weighted by Crippen LogP contribution is -2.57.